The van der Waals surface area contributed by atoms with Gasteiger partial charge in [0.2, 0.25) is 0 Å². The van der Waals surface area contributed by atoms with E-state index in [-0.39, 0.29) is 37.3 Å². The quantitative estimate of drug-likeness (QED) is 0.735. The third-order valence-electron chi connectivity index (χ3n) is 4.03. The van der Waals surface area contributed by atoms with E-state index in [1.807, 2.05) is 27.7 Å². The molecule has 3 aliphatic heterocycles. The smallest absolute Gasteiger partial charge is 0.166 e. The maximum Gasteiger partial charge on any atom is 0.166 e. The molecule has 0 aromatic rings. The van der Waals surface area contributed by atoms with E-state index in [0.717, 1.165) is 0 Å². The number of fused-ring (bicyclic) bond motifs is 2. The second-order valence-corrected chi connectivity index (χ2v) is 6.79. The van der Waals surface area contributed by atoms with Gasteiger partial charge in [-0.25, -0.2) is 0 Å². The monoisotopic (exact) mass is 312 g/mol. The third-order valence-corrected chi connectivity index (χ3v) is 4.03. The molecule has 3 heterocycles. The highest BCUT2D eigenvalue weighted by atomic mass is 16.8. The lowest BCUT2D eigenvalue weighted by molar-refractivity contribution is -0.408. The Labute approximate surface area is 131 Å². The number of ether oxygens (including phenoxy) is 6. The summed E-state index contributed by atoms with van der Waals surface area (Å²) >= 11 is 0. The summed E-state index contributed by atoms with van der Waals surface area (Å²) in [7, 11) is 0. The maximum absolute atomic E-state index is 6.08. The summed E-state index contributed by atoms with van der Waals surface area (Å²) in [5.74, 6) is 1.17. The Kier molecular flexibility index (Phi) is 4.23. The zero-order valence-corrected chi connectivity index (χ0v) is 13.5. The molecule has 0 spiro atoms. The molecule has 22 heavy (non-hydrogen) atoms. The molecule has 3 rings (SSSR count). The second kappa shape index (κ2) is 5.75. The van der Waals surface area contributed by atoms with E-state index in [9.17, 15) is 0 Å². The van der Waals surface area contributed by atoms with Crippen molar-refractivity contribution in [1.82, 2.24) is 0 Å². The number of hydrogen-bond acceptors (Lipinski definition) is 6. The molecule has 124 valence electrons. The lowest BCUT2D eigenvalue weighted by Crippen LogP contribution is -2.62. The van der Waals surface area contributed by atoms with E-state index >= 15 is 0 Å². The van der Waals surface area contributed by atoms with Crippen LogP contribution in [0.1, 0.15) is 34.1 Å². The van der Waals surface area contributed by atoms with Crippen LogP contribution in [0, 0.1) is 12.3 Å². The second-order valence-electron chi connectivity index (χ2n) is 6.79. The SMILES string of the molecule is C#CCO[C@H]1[C@@H]([C@H]2COC(C)(C)O2)O[C@H]2C[C@H]1OC(C)(C)O2. The van der Waals surface area contributed by atoms with Gasteiger partial charge in [0.05, 0.1) is 12.7 Å². The van der Waals surface area contributed by atoms with Crippen LogP contribution in [-0.2, 0) is 28.4 Å². The summed E-state index contributed by atoms with van der Waals surface area (Å²) in [6.45, 7) is 8.14. The summed E-state index contributed by atoms with van der Waals surface area (Å²) in [5, 5.41) is 0. The van der Waals surface area contributed by atoms with Gasteiger partial charge in [0.25, 0.3) is 0 Å². The van der Waals surface area contributed by atoms with Gasteiger partial charge in [-0.3, -0.25) is 0 Å². The van der Waals surface area contributed by atoms with E-state index in [1.54, 1.807) is 0 Å². The molecule has 3 fully saturated rings. The number of terminal acetylenes is 1. The van der Waals surface area contributed by atoms with Crippen molar-refractivity contribution >= 4 is 0 Å². The minimum Gasteiger partial charge on any atom is -0.360 e. The van der Waals surface area contributed by atoms with Gasteiger partial charge in [-0.05, 0) is 27.7 Å². The average Bonchev–Trinajstić information content (AvgIpc) is 2.76. The Morgan fingerprint density at radius 3 is 2.45 bits per heavy atom. The highest BCUT2D eigenvalue weighted by Gasteiger charge is 2.53. The summed E-state index contributed by atoms with van der Waals surface area (Å²) in [4.78, 5) is 0. The van der Waals surface area contributed by atoms with Gasteiger partial charge in [0.15, 0.2) is 17.9 Å². The van der Waals surface area contributed by atoms with Crippen molar-refractivity contribution in [3.05, 3.63) is 0 Å². The average molecular weight is 312 g/mol. The Hall–Kier alpha value is -0.680. The van der Waals surface area contributed by atoms with Crippen molar-refractivity contribution in [3.63, 3.8) is 0 Å². The minimum absolute atomic E-state index is 0.145. The molecule has 5 atom stereocenters. The van der Waals surface area contributed by atoms with Crippen molar-refractivity contribution in [2.24, 2.45) is 0 Å². The van der Waals surface area contributed by atoms with Crippen molar-refractivity contribution in [1.29, 1.82) is 0 Å². The highest BCUT2D eigenvalue weighted by Crippen LogP contribution is 2.39. The Morgan fingerprint density at radius 2 is 1.82 bits per heavy atom. The molecule has 0 radical (unpaired) electrons. The molecule has 3 saturated heterocycles. The van der Waals surface area contributed by atoms with Gasteiger partial charge in [0, 0.05) is 6.42 Å². The first-order chi connectivity index (χ1) is 10.3. The molecule has 6 nitrogen and oxygen atoms in total. The van der Waals surface area contributed by atoms with E-state index in [4.69, 9.17) is 34.8 Å². The minimum atomic E-state index is -0.706. The van der Waals surface area contributed by atoms with Crippen LogP contribution in [0.25, 0.3) is 0 Å². The predicted octanol–water partition coefficient (Wildman–Crippen LogP) is 1.42. The summed E-state index contributed by atoms with van der Waals surface area (Å²) < 4.78 is 35.3. The first-order valence-electron chi connectivity index (χ1n) is 7.68. The van der Waals surface area contributed by atoms with Crippen LogP contribution in [0.2, 0.25) is 0 Å². The van der Waals surface area contributed by atoms with Gasteiger partial charge < -0.3 is 28.4 Å². The van der Waals surface area contributed by atoms with Crippen molar-refractivity contribution in [2.75, 3.05) is 13.2 Å². The fourth-order valence-electron chi connectivity index (χ4n) is 3.27. The first kappa shape index (κ1) is 16.2. The van der Waals surface area contributed by atoms with E-state index in [2.05, 4.69) is 5.92 Å². The van der Waals surface area contributed by atoms with Gasteiger partial charge in [-0.15, -0.1) is 6.42 Å². The molecule has 2 bridgehead atoms. The van der Waals surface area contributed by atoms with E-state index < -0.39 is 11.6 Å². The Bertz CT molecular complexity index is 454. The summed E-state index contributed by atoms with van der Waals surface area (Å²) in [6, 6.07) is 0. The normalized spacial score (nSPS) is 42.8. The van der Waals surface area contributed by atoms with Gasteiger partial charge in [-0.1, -0.05) is 5.92 Å². The fraction of sp³-hybridized carbons (Fsp3) is 0.875. The maximum atomic E-state index is 6.08. The van der Waals surface area contributed by atoms with Crippen molar-refractivity contribution < 1.29 is 28.4 Å². The van der Waals surface area contributed by atoms with Gasteiger partial charge in [-0.2, -0.15) is 0 Å². The molecule has 0 N–H and O–H groups in total. The highest BCUT2D eigenvalue weighted by molar-refractivity contribution is 4.96. The molecule has 0 saturated carbocycles. The van der Waals surface area contributed by atoms with Crippen LogP contribution >= 0.6 is 0 Å². The summed E-state index contributed by atoms with van der Waals surface area (Å²) in [6.07, 6.45) is 4.58. The van der Waals surface area contributed by atoms with Gasteiger partial charge >= 0.3 is 0 Å². The zero-order chi connectivity index (χ0) is 16.0. The van der Waals surface area contributed by atoms with Crippen LogP contribution < -0.4 is 0 Å². The molecule has 0 aliphatic carbocycles. The zero-order valence-electron chi connectivity index (χ0n) is 13.5. The summed E-state index contributed by atoms with van der Waals surface area (Å²) in [5.41, 5.74) is 0. The number of rotatable bonds is 3. The molecule has 3 aliphatic rings. The molecule has 0 aromatic heterocycles. The standard InChI is InChI=1S/C16H24O6/c1-6-7-17-13-10-8-12(22-16(4,5)20-10)19-14(13)11-9-18-15(2,3)21-11/h1,10-14H,7-9H2,2-5H3/t10-,11-,12-,13-,14-/m1/s1. The molecular weight excluding hydrogens is 288 g/mol. The first-order valence-corrected chi connectivity index (χ1v) is 7.68. The lowest BCUT2D eigenvalue weighted by atomic mass is 9.95. The Morgan fingerprint density at radius 1 is 1.09 bits per heavy atom. The van der Waals surface area contributed by atoms with Crippen molar-refractivity contribution in [2.45, 2.75) is 76.4 Å². The van der Waals surface area contributed by atoms with Crippen LogP contribution in [-0.4, -0.2) is 55.5 Å². The van der Waals surface area contributed by atoms with Gasteiger partial charge in [0.1, 0.15) is 24.9 Å². The van der Waals surface area contributed by atoms with Crippen molar-refractivity contribution in [3.8, 4) is 12.3 Å². The van der Waals surface area contributed by atoms with Crippen LogP contribution in [0.3, 0.4) is 0 Å². The predicted molar refractivity (Wildman–Crippen MR) is 76.8 cm³/mol. The fourth-order valence-corrected chi connectivity index (χ4v) is 3.27. The molecule has 0 aromatic carbocycles. The van der Waals surface area contributed by atoms with E-state index in [1.165, 1.54) is 0 Å². The van der Waals surface area contributed by atoms with E-state index in [0.29, 0.717) is 13.0 Å². The molecular formula is C16H24O6. The Balaban J connectivity index is 1.78. The topological polar surface area (TPSA) is 55.4 Å². The number of hydrogen-bond donors (Lipinski definition) is 0. The van der Waals surface area contributed by atoms with Crippen LogP contribution in [0.5, 0.6) is 0 Å². The lowest BCUT2D eigenvalue weighted by Gasteiger charge is -2.50. The molecule has 6 heteroatoms. The largest absolute Gasteiger partial charge is 0.360 e. The third kappa shape index (κ3) is 3.30. The molecule has 0 unspecified atom stereocenters. The van der Waals surface area contributed by atoms with Crippen LogP contribution in [0.15, 0.2) is 0 Å². The van der Waals surface area contributed by atoms with Crippen LogP contribution in [0.4, 0.5) is 0 Å². The molecule has 0 amide bonds.